The summed E-state index contributed by atoms with van der Waals surface area (Å²) in [6.07, 6.45) is 3.73. The lowest BCUT2D eigenvalue weighted by atomic mass is 9.87. The van der Waals surface area contributed by atoms with Crippen LogP contribution in [0.4, 0.5) is 5.69 Å². The van der Waals surface area contributed by atoms with E-state index in [0.29, 0.717) is 6.04 Å². The Morgan fingerprint density at radius 2 is 1.68 bits per heavy atom. The van der Waals surface area contributed by atoms with Crippen molar-refractivity contribution in [2.45, 2.75) is 39.2 Å². The first-order valence-corrected chi connectivity index (χ1v) is 7.16. The molecule has 1 unspecified atom stereocenters. The maximum Gasteiger partial charge on any atom is 0.0516 e. The lowest BCUT2D eigenvalue weighted by molar-refractivity contribution is 0.600. The molecule has 0 saturated carbocycles. The van der Waals surface area contributed by atoms with Crippen molar-refractivity contribution < 1.29 is 0 Å². The molecule has 0 heterocycles. The van der Waals surface area contributed by atoms with E-state index in [-0.39, 0.29) is 0 Å². The Morgan fingerprint density at radius 1 is 0.947 bits per heavy atom. The van der Waals surface area contributed by atoms with Crippen LogP contribution in [-0.4, -0.2) is 0 Å². The first-order chi connectivity index (χ1) is 9.25. The number of aryl methyl sites for hydroxylation is 3. The van der Waals surface area contributed by atoms with Gasteiger partial charge in [0.15, 0.2) is 0 Å². The van der Waals surface area contributed by atoms with Gasteiger partial charge in [-0.05, 0) is 55.4 Å². The highest BCUT2D eigenvalue weighted by atomic mass is 14.9. The number of benzene rings is 2. The number of anilines is 1. The van der Waals surface area contributed by atoms with Crippen LogP contribution in [0.2, 0.25) is 0 Å². The summed E-state index contributed by atoms with van der Waals surface area (Å²) >= 11 is 0. The fourth-order valence-corrected chi connectivity index (χ4v) is 3.12. The molecule has 98 valence electrons. The first kappa shape index (κ1) is 12.3. The summed E-state index contributed by atoms with van der Waals surface area (Å²) in [5.41, 5.74) is 6.98. The molecule has 0 amide bonds. The quantitative estimate of drug-likeness (QED) is 0.809. The van der Waals surface area contributed by atoms with Gasteiger partial charge in [0.05, 0.1) is 6.04 Å². The Hall–Kier alpha value is -1.76. The summed E-state index contributed by atoms with van der Waals surface area (Å²) in [6.45, 7) is 4.37. The second-order valence-electron chi connectivity index (χ2n) is 5.55. The summed E-state index contributed by atoms with van der Waals surface area (Å²) < 4.78 is 0. The highest BCUT2D eigenvalue weighted by Gasteiger charge is 2.20. The lowest BCUT2D eigenvalue weighted by Gasteiger charge is -2.28. The van der Waals surface area contributed by atoms with E-state index in [9.17, 15) is 0 Å². The van der Waals surface area contributed by atoms with Crippen molar-refractivity contribution in [3.63, 3.8) is 0 Å². The Morgan fingerprint density at radius 3 is 2.47 bits per heavy atom. The van der Waals surface area contributed by atoms with Gasteiger partial charge in [0.2, 0.25) is 0 Å². The number of hydrogen-bond acceptors (Lipinski definition) is 1. The van der Waals surface area contributed by atoms with Gasteiger partial charge in [-0.15, -0.1) is 0 Å². The molecule has 0 saturated heterocycles. The molecule has 1 aliphatic carbocycles. The third-order valence-electron chi connectivity index (χ3n) is 4.17. The minimum absolute atomic E-state index is 0.463. The predicted octanol–water partition coefficient (Wildman–Crippen LogP) is 4.79. The molecule has 0 bridgehead atoms. The second kappa shape index (κ2) is 5.08. The summed E-state index contributed by atoms with van der Waals surface area (Å²) in [5, 5.41) is 3.77. The van der Waals surface area contributed by atoms with Crippen LogP contribution >= 0.6 is 0 Å². The SMILES string of the molecule is Cc1cccc(C)c1NC1CCCc2ccccc21. The zero-order valence-electron chi connectivity index (χ0n) is 11.7. The molecule has 2 aromatic carbocycles. The summed E-state index contributed by atoms with van der Waals surface area (Å²) in [5.74, 6) is 0. The van der Waals surface area contributed by atoms with E-state index in [1.165, 1.54) is 47.2 Å². The van der Waals surface area contributed by atoms with Crippen LogP contribution in [0, 0.1) is 13.8 Å². The van der Waals surface area contributed by atoms with E-state index in [4.69, 9.17) is 0 Å². The third-order valence-corrected chi connectivity index (χ3v) is 4.17. The molecule has 1 aliphatic rings. The third kappa shape index (κ3) is 2.37. The largest absolute Gasteiger partial charge is 0.378 e. The van der Waals surface area contributed by atoms with E-state index in [0.717, 1.165) is 0 Å². The molecule has 1 heteroatoms. The monoisotopic (exact) mass is 251 g/mol. The molecule has 0 spiro atoms. The topological polar surface area (TPSA) is 12.0 Å². The van der Waals surface area contributed by atoms with Gasteiger partial charge < -0.3 is 5.32 Å². The van der Waals surface area contributed by atoms with E-state index in [2.05, 4.69) is 61.6 Å². The van der Waals surface area contributed by atoms with Gasteiger partial charge >= 0.3 is 0 Å². The van der Waals surface area contributed by atoms with Crippen molar-refractivity contribution >= 4 is 5.69 Å². The fourth-order valence-electron chi connectivity index (χ4n) is 3.12. The number of para-hydroxylation sites is 1. The molecule has 0 radical (unpaired) electrons. The second-order valence-corrected chi connectivity index (χ2v) is 5.55. The molecule has 1 atom stereocenters. The summed E-state index contributed by atoms with van der Waals surface area (Å²) in [6, 6.07) is 15.8. The number of rotatable bonds is 2. The van der Waals surface area contributed by atoms with Crippen molar-refractivity contribution in [1.29, 1.82) is 0 Å². The Kier molecular flexibility index (Phi) is 3.29. The molecule has 1 N–H and O–H groups in total. The van der Waals surface area contributed by atoms with Gasteiger partial charge in [-0.1, -0.05) is 42.5 Å². The minimum atomic E-state index is 0.463. The van der Waals surface area contributed by atoms with Gasteiger partial charge in [0.1, 0.15) is 0 Å². The van der Waals surface area contributed by atoms with Crippen molar-refractivity contribution in [2.24, 2.45) is 0 Å². The van der Waals surface area contributed by atoms with E-state index < -0.39 is 0 Å². The Bertz CT molecular complexity index is 566. The van der Waals surface area contributed by atoms with Crippen LogP contribution in [-0.2, 0) is 6.42 Å². The molecule has 19 heavy (non-hydrogen) atoms. The average molecular weight is 251 g/mol. The molecule has 1 nitrogen and oxygen atoms in total. The maximum absolute atomic E-state index is 3.77. The van der Waals surface area contributed by atoms with Crippen LogP contribution in [0.25, 0.3) is 0 Å². The number of hydrogen-bond donors (Lipinski definition) is 1. The molecule has 0 aromatic heterocycles. The maximum atomic E-state index is 3.77. The van der Waals surface area contributed by atoms with Crippen molar-refractivity contribution in [3.05, 3.63) is 64.7 Å². The van der Waals surface area contributed by atoms with Crippen molar-refractivity contribution in [2.75, 3.05) is 5.32 Å². The van der Waals surface area contributed by atoms with Crippen LogP contribution in [0.3, 0.4) is 0 Å². The fraction of sp³-hybridized carbons (Fsp3) is 0.333. The van der Waals surface area contributed by atoms with Gasteiger partial charge in [-0.2, -0.15) is 0 Å². The summed E-state index contributed by atoms with van der Waals surface area (Å²) in [7, 11) is 0. The van der Waals surface area contributed by atoms with Gasteiger partial charge in [-0.25, -0.2) is 0 Å². The average Bonchev–Trinajstić information content (AvgIpc) is 2.43. The van der Waals surface area contributed by atoms with E-state index in [1.54, 1.807) is 0 Å². The summed E-state index contributed by atoms with van der Waals surface area (Å²) in [4.78, 5) is 0. The highest BCUT2D eigenvalue weighted by Crippen LogP contribution is 2.34. The number of fused-ring (bicyclic) bond motifs is 1. The minimum Gasteiger partial charge on any atom is -0.378 e. The van der Waals surface area contributed by atoms with Crippen LogP contribution in [0.15, 0.2) is 42.5 Å². The molecular formula is C18H21N. The zero-order chi connectivity index (χ0) is 13.2. The normalized spacial score (nSPS) is 17.9. The van der Waals surface area contributed by atoms with Crippen LogP contribution in [0.1, 0.15) is 41.1 Å². The molecule has 2 aromatic rings. The van der Waals surface area contributed by atoms with Gasteiger partial charge in [0, 0.05) is 5.69 Å². The van der Waals surface area contributed by atoms with Crippen LogP contribution < -0.4 is 5.32 Å². The number of nitrogens with one attached hydrogen (secondary N) is 1. The molecular weight excluding hydrogens is 230 g/mol. The van der Waals surface area contributed by atoms with Crippen molar-refractivity contribution in [1.82, 2.24) is 0 Å². The van der Waals surface area contributed by atoms with E-state index in [1.807, 2.05) is 0 Å². The Labute approximate surface area is 115 Å². The smallest absolute Gasteiger partial charge is 0.0516 e. The Balaban J connectivity index is 1.93. The zero-order valence-corrected chi connectivity index (χ0v) is 11.7. The standard InChI is InChI=1S/C18H21N/c1-13-7-5-8-14(2)18(13)19-17-12-6-10-15-9-3-4-11-16(15)17/h3-5,7-9,11,17,19H,6,10,12H2,1-2H3. The van der Waals surface area contributed by atoms with Gasteiger partial charge in [-0.3, -0.25) is 0 Å². The molecule has 0 fully saturated rings. The first-order valence-electron chi connectivity index (χ1n) is 7.16. The lowest BCUT2D eigenvalue weighted by Crippen LogP contribution is -2.18. The van der Waals surface area contributed by atoms with Crippen LogP contribution in [0.5, 0.6) is 0 Å². The predicted molar refractivity (Wildman–Crippen MR) is 81.7 cm³/mol. The highest BCUT2D eigenvalue weighted by molar-refractivity contribution is 5.58. The van der Waals surface area contributed by atoms with E-state index >= 15 is 0 Å². The van der Waals surface area contributed by atoms with Crippen molar-refractivity contribution in [3.8, 4) is 0 Å². The van der Waals surface area contributed by atoms with Gasteiger partial charge in [0.25, 0.3) is 0 Å². The molecule has 0 aliphatic heterocycles. The molecule has 3 rings (SSSR count).